The molecule has 13 heavy (non-hydrogen) atoms. The number of hydrogen-bond acceptors (Lipinski definition) is 3. The van der Waals surface area contributed by atoms with Crippen molar-refractivity contribution >= 4 is 12.2 Å². The molecule has 1 rings (SSSR count). The van der Waals surface area contributed by atoms with Gasteiger partial charge in [0.05, 0.1) is 0 Å². The first-order valence-electron chi connectivity index (χ1n) is 3.85. The molecule has 0 aliphatic heterocycles. The van der Waals surface area contributed by atoms with Gasteiger partial charge in [-0.2, -0.15) is 0 Å². The second-order valence-corrected chi connectivity index (χ2v) is 2.45. The predicted octanol–water partition coefficient (Wildman–Crippen LogP) is 0.00630. The van der Waals surface area contributed by atoms with E-state index in [0.29, 0.717) is 6.54 Å². The number of aldehydes is 1. The molecule has 0 aromatic heterocycles. The molecule has 0 aliphatic carbocycles. The molecule has 0 heterocycles. The largest absolute Gasteiger partial charge is 0.298 e. The molecule has 0 radical (unpaired) electrons. The van der Waals surface area contributed by atoms with E-state index < -0.39 is 5.91 Å². The number of carbonyl (C=O) groups is 2. The Morgan fingerprint density at radius 2 is 2.00 bits per heavy atom. The summed E-state index contributed by atoms with van der Waals surface area (Å²) < 4.78 is 0. The minimum atomic E-state index is -0.670. The second-order valence-electron chi connectivity index (χ2n) is 2.45. The maximum atomic E-state index is 10.5. The van der Waals surface area contributed by atoms with Gasteiger partial charge in [-0.1, -0.05) is 30.3 Å². The summed E-state index contributed by atoms with van der Waals surface area (Å²) in [5.74, 6) is -0.670. The minimum absolute atomic E-state index is 0.220. The molecule has 4 heteroatoms. The van der Waals surface area contributed by atoms with E-state index in [1.165, 1.54) is 0 Å². The van der Waals surface area contributed by atoms with Crippen molar-refractivity contribution in [1.82, 2.24) is 10.9 Å². The van der Waals surface area contributed by atoms with Crippen molar-refractivity contribution in [2.75, 3.05) is 0 Å². The van der Waals surface area contributed by atoms with Crippen LogP contribution in [0.3, 0.4) is 0 Å². The predicted molar refractivity (Wildman–Crippen MR) is 47.5 cm³/mol. The normalized spacial score (nSPS) is 9.23. The third kappa shape index (κ3) is 3.48. The molecular weight excluding hydrogens is 168 g/mol. The van der Waals surface area contributed by atoms with E-state index in [1.807, 2.05) is 30.3 Å². The highest BCUT2D eigenvalue weighted by atomic mass is 16.2. The molecule has 0 spiro atoms. The summed E-state index contributed by atoms with van der Waals surface area (Å²) in [7, 11) is 0. The van der Waals surface area contributed by atoms with Crippen molar-refractivity contribution in [3.8, 4) is 0 Å². The molecular formula is C9H10N2O2. The van der Waals surface area contributed by atoms with E-state index in [4.69, 9.17) is 0 Å². The Bertz CT molecular complexity index is 285. The molecule has 0 saturated heterocycles. The van der Waals surface area contributed by atoms with Gasteiger partial charge < -0.3 is 0 Å². The molecule has 0 atom stereocenters. The van der Waals surface area contributed by atoms with E-state index in [9.17, 15) is 9.59 Å². The number of hydrogen-bond donors (Lipinski definition) is 2. The van der Waals surface area contributed by atoms with Crippen LogP contribution in [0.2, 0.25) is 0 Å². The highest BCUT2D eigenvalue weighted by Crippen LogP contribution is 1.95. The van der Waals surface area contributed by atoms with Gasteiger partial charge in [0.15, 0.2) is 0 Å². The van der Waals surface area contributed by atoms with Crippen LogP contribution in [0.25, 0.3) is 0 Å². The van der Waals surface area contributed by atoms with Crippen LogP contribution < -0.4 is 10.9 Å². The average Bonchev–Trinajstić information content (AvgIpc) is 2.19. The summed E-state index contributed by atoms with van der Waals surface area (Å²) >= 11 is 0. The maximum Gasteiger partial charge on any atom is 0.298 e. The summed E-state index contributed by atoms with van der Waals surface area (Å²) in [5.41, 5.74) is 5.88. The van der Waals surface area contributed by atoms with Crippen molar-refractivity contribution in [1.29, 1.82) is 0 Å². The highest BCUT2D eigenvalue weighted by Gasteiger charge is 1.94. The third-order valence-electron chi connectivity index (χ3n) is 1.45. The van der Waals surface area contributed by atoms with E-state index in [1.54, 1.807) is 0 Å². The average molecular weight is 178 g/mol. The molecule has 0 fully saturated rings. The van der Waals surface area contributed by atoms with Crippen molar-refractivity contribution in [3.63, 3.8) is 0 Å². The number of amides is 1. The van der Waals surface area contributed by atoms with Gasteiger partial charge in [0.2, 0.25) is 6.29 Å². The van der Waals surface area contributed by atoms with Crippen LogP contribution in [0.1, 0.15) is 5.56 Å². The first-order chi connectivity index (χ1) is 6.33. The van der Waals surface area contributed by atoms with Crippen LogP contribution in [-0.4, -0.2) is 12.2 Å². The van der Waals surface area contributed by atoms with E-state index in [-0.39, 0.29) is 6.29 Å². The molecule has 1 aromatic carbocycles. The maximum absolute atomic E-state index is 10.5. The zero-order valence-corrected chi connectivity index (χ0v) is 6.99. The minimum Gasteiger partial charge on any atom is -0.292 e. The van der Waals surface area contributed by atoms with Crippen molar-refractivity contribution in [2.24, 2.45) is 0 Å². The van der Waals surface area contributed by atoms with Crippen LogP contribution in [0.4, 0.5) is 0 Å². The molecule has 1 amide bonds. The Kier molecular flexibility index (Phi) is 3.66. The smallest absolute Gasteiger partial charge is 0.292 e. The zero-order chi connectivity index (χ0) is 9.52. The fourth-order valence-corrected chi connectivity index (χ4v) is 0.859. The Balaban J connectivity index is 2.28. The van der Waals surface area contributed by atoms with Gasteiger partial charge in [-0.05, 0) is 5.56 Å². The van der Waals surface area contributed by atoms with Gasteiger partial charge >= 0.3 is 0 Å². The molecule has 4 nitrogen and oxygen atoms in total. The number of carbonyl (C=O) groups excluding carboxylic acids is 2. The monoisotopic (exact) mass is 178 g/mol. The first kappa shape index (κ1) is 9.41. The van der Waals surface area contributed by atoms with Crippen LogP contribution in [0.15, 0.2) is 30.3 Å². The first-order valence-corrected chi connectivity index (χ1v) is 3.85. The van der Waals surface area contributed by atoms with Crippen molar-refractivity contribution in [2.45, 2.75) is 6.54 Å². The summed E-state index contributed by atoms with van der Waals surface area (Å²) in [6.07, 6.45) is 0.220. The lowest BCUT2D eigenvalue weighted by Crippen LogP contribution is -2.37. The Labute approximate surface area is 75.9 Å². The Hall–Kier alpha value is -1.68. The second kappa shape index (κ2) is 5.05. The zero-order valence-electron chi connectivity index (χ0n) is 6.99. The number of benzene rings is 1. The Morgan fingerprint density at radius 3 is 2.62 bits per heavy atom. The molecule has 2 N–H and O–H groups in total. The van der Waals surface area contributed by atoms with Crippen LogP contribution in [0, 0.1) is 0 Å². The topological polar surface area (TPSA) is 58.2 Å². The third-order valence-corrected chi connectivity index (χ3v) is 1.45. The van der Waals surface area contributed by atoms with Crippen LogP contribution in [-0.2, 0) is 16.1 Å². The lowest BCUT2D eigenvalue weighted by molar-refractivity contribution is -0.132. The van der Waals surface area contributed by atoms with Crippen LogP contribution in [0.5, 0.6) is 0 Å². The molecule has 0 unspecified atom stereocenters. The summed E-state index contributed by atoms with van der Waals surface area (Å²) in [6, 6.07) is 9.55. The SMILES string of the molecule is O=CC(=O)NNCc1ccccc1. The van der Waals surface area contributed by atoms with Gasteiger partial charge in [-0.3, -0.25) is 15.0 Å². The Morgan fingerprint density at radius 1 is 1.31 bits per heavy atom. The van der Waals surface area contributed by atoms with Gasteiger partial charge in [-0.25, -0.2) is 5.43 Å². The fourth-order valence-electron chi connectivity index (χ4n) is 0.859. The van der Waals surface area contributed by atoms with Gasteiger partial charge in [0.25, 0.3) is 5.91 Å². The van der Waals surface area contributed by atoms with Crippen molar-refractivity contribution in [3.05, 3.63) is 35.9 Å². The number of nitrogens with one attached hydrogen (secondary N) is 2. The summed E-state index contributed by atoms with van der Waals surface area (Å²) in [4.78, 5) is 20.4. The molecule has 0 saturated carbocycles. The van der Waals surface area contributed by atoms with E-state index in [0.717, 1.165) is 5.56 Å². The fraction of sp³-hybridized carbons (Fsp3) is 0.111. The number of rotatable bonds is 4. The quantitative estimate of drug-likeness (QED) is 0.388. The standard InChI is InChI=1S/C9H10N2O2/c12-7-9(13)11-10-6-8-4-2-1-3-5-8/h1-5,7,10H,6H2,(H,11,13). The van der Waals surface area contributed by atoms with E-state index in [2.05, 4.69) is 10.9 Å². The van der Waals surface area contributed by atoms with Gasteiger partial charge in [0.1, 0.15) is 0 Å². The lowest BCUT2D eigenvalue weighted by atomic mass is 10.2. The van der Waals surface area contributed by atoms with Gasteiger partial charge in [0, 0.05) is 6.54 Å². The van der Waals surface area contributed by atoms with Crippen LogP contribution >= 0.6 is 0 Å². The van der Waals surface area contributed by atoms with E-state index >= 15 is 0 Å². The molecule has 1 aromatic rings. The summed E-state index contributed by atoms with van der Waals surface area (Å²) in [5, 5.41) is 0. The van der Waals surface area contributed by atoms with Crippen molar-refractivity contribution < 1.29 is 9.59 Å². The van der Waals surface area contributed by atoms with Gasteiger partial charge in [-0.15, -0.1) is 0 Å². The summed E-state index contributed by atoms with van der Waals surface area (Å²) in [6.45, 7) is 0.500. The molecule has 68 valence electrons. The molecule has 0 aliphatic rings. The highest BCUT2D eigenvalue weighted by molar-refractivity contribution is 6.23. The molecule has 0 bridgehead atoms. The lowest BCUT2D eigenvalue weighted by Gasteiger charge is -2.03. The number of hydrazine groups is 1.